The molecule has 0 bridgehead atoms. The molecule has 10 heavy (non-hydrogen) atoms. The topological polar surface area (TPSA) is 17.1 Å². The molecule has 0 aromatic carbocycles. The third-order valence-electron chi connectivity index (χ3n) is 2.45. The first kappa shape index (κ1) is 10.0. The Kier molecular flexibility index (Phi) is 2.96. The van der Waals surface area contributed by atoms with E-state index in [0.29, 0.717) is 17.4 Å². The summed E-state index contributed by atoms with van der Waals surface area (Å²) in [6, 6.07) is 0. The molecule has 0 saturated carbocycles. The highest BCUT2D eigenvalue weighted by Crippen LogP contribution is 2.37. The van der Waals surface area contributed by atoms with Gasteiger partial charge in [-0.05, 0) is 5.41 Å². The fourth-order valence-corrected chi connectivity index (χ4v) is 1.09. The first-order valence-corrected chi connectivity index (χ1v) is 4.47. The summed E-state index contributed by atoms with van der Waals surface area (Å²) in [6.07, 6.45) is 0. The van der Waals surface area contributed by atoms with Crippen molar-refractivity contribution in [3.63, 3.8) is 0 Å². The summed E-state index contributed by atoms with van der Waals surface area (Å²) in [4.78, 5) is 0. The lowest BCUT2D eigenvalue weighted by Crippen LogP contribution is -2.32. The van der Waals surface area contributed by atoms with Gasteiger partial charge in [-0.25, -0.2) is 0 Å². The molecule has 0 radical (unpaired) electrons. The van der Waals surface area contributed by atoms with Crippen molar-refractivity contribution in [1.82, 2.24) is 0 Å². The first-order valence-electron chi connectivity index (χ1n) is 3.56. The standard InChI is InChI=1S/C8H17OS/c1-7(2,3)8(4,5)6-10-9/h6H2,1-5H3/q+1. The molecule has 0 amide bonds. The lowest BCUT2D eigenvalue weighted by molar-refractivity contribution is 0.162. The molecule has 0 rings (SSSR count). The van der Waals surface area contributed by atoms with Crippen LogP contribution in [0.3, 0.4) is 0 Å². The van der Waals surface area contributed by atoms with Gasteiger partial charge in [0.05, 0.1) is 0 Å². The highest BCUT2D eigenvalue weighted by atomic mass is 32.1. The van der Waals surface area contributed by atoms with E-state index >= 15 is 0 Å². The molecule has 0 aromatic heterocycles. The molecule has 0 aliphatic carbocycles. The molecule has 0 aliphatic rings. The maximum Gasteiger partial charge on any atom is 0.459 e. The van der Waals surface area contributed by atoms with Crippen molar-refractivity contribution in [1.29, 1.82) is 0 Å². The van der Waals surface area contributed by atoms with Crippen LogP contribution in [-0.2, 0) is 15.9 Å². The quantitative estimate of drug-likeness (QED) is 0.569. The van der Waals surface area contributed by atoms with Gasteiger partial charge in [0.15, 0.2) is 0 Å². The second kappa shape index (κ2) is 2.95. The van der Waals surface area contributed by atoms with Crippen molar-refractivity contribution >= 4 is 11.7 Å². The van der Waals surface area contributed by atoms with Crippen LogP contribution < -0.4 is 0 Å². The number of hydrogen-bond acceptors (Lipinski definition) is 1. The maximum atomic E-state index is 10.3. The third-order valence-corrected chi connectivity index (χ3v) is 3.29. The van der Waals surface area contributed by atoms with Crippen LogP contribution in [0, 0.1) is 10.8 Å². The molecule has 0 fully saturated rings. The summed E-state index contributed by atoms with van der Waals surface area (Å²) in [6.45, 7) is 10.8. The van der Waals surface area contributed by atoms with E-state index in [0.717, 1.165) is 0 Å². The smallest absolute Gasteiger partial charge is 0.0595 e. The van der Waals surface area contributed by atoms with Gasteiger partial charge in [-0.3, -0.25) is 0 Å². The van der Waals surface area contributed by atoms with Crippen molar-refractivity contribution in [2.75, 3.05) is 5.75 Å². The largest absolute Gasteiger partial charge is 0.459 e. The third kappa shape index (κ3) is 2.33. The molecule has 0 atom stereocenters. The van der Waals surface area contributed by atoms with Gasteiger partial charge in [-0.1, -0.05) is 34.6 Å². The molecule has 0 aliphatic heterocycles. The normalized spacial score (nSPS) is 13.3. The first-order chi connectivity index (χ1) is 4.31. The van der Waals surface area contributed by atoms with Gasteiger partial charge in [0.2, 0.25) is 5.75 Å². The Balaban J connectivity index is 4.23. The molecule has 1 nitrogen and oxygen atoms in total. The van der Waals surface area contributed by atoms with Crippen LogP contribution in [0.5, 0.6) is 0 Å². The Labute approximate surface area is 67.7 Å². The van der Waals surface area contributed by atoms with Gasteiger partial charge in [-0.2, -0.15) is 0 Å². The Hall–Kier alpha value is 0.0200. The van der Waals surface area contributed by atoms with E-state index in [9.17, 15) is 4.21 Å². The fraction of sp³-hybridized carbons (Fsp3) is 1.00. The van der Waals surface area contributed by atoms with Crippen molar-refractivity contribution in [2.24, 2.45) is 10.8 Å². The van der Waals surface area contributed by atoms with E-state index < -0.39 is 0 Å². The minimum Gasteiger partial charge on any atom is -0.0595 e. The lowest BCUT2D eigenvalue weighted by atomic mass is 9.71. The van der Waals surface area contributed by atoms with E-state index in [1.165, 1.54) is 0 Å². The van der Waals surface area contributed by atoms with Gasteiger partial charge in [-0.15, -0.1) is 0 Å². The molecule has 2 heteroatoms. The fourth-order valence-electron chi connectivity index (χ4n) is 0.364. The van der Waals surface area contributed by atoms with E-state index in [1.54, 1.807) is 0 Å². The molecular weight excluding hydrogens is 144 g/mol. The highest BCUT2D eigenvalue weighted by molar-refractivity contribution is 7.65. The zero-order chi connectivity index (χ0) is 8.41. The van der Waals surface area contributed by atoms with Crippen molar-refractivity contribution in [3.8, 4) is 0 Å². The summed E-state index contributed by atoms with van der Waals surface area (Å²) in [5, 5.41) is 0. The van der Waals surface area contributed by atoms with E-state index in [-0.39, 0.29) is 10.8 Å². The highest BCUT2D eigenvalue weighted by Gasteiger charge is 2.37. The summed E-state index contributed by atoms with van der Waals surface area (Å²) < 4.78 is 10.3. The summed E-state index contributed by atoms with van der Waals surface area (Å²) >= 11 is 0.685. The Bertz CT molecular complexity index is 122. The maximum absolute atomic E-state index is 10.3. The van der Waals surface area contributed by atoms with Crippen LogP contribution in [0.15, 0.2) is 0 Å². The van der Waals surface area contributed by atoms with E-state index in [1.807, 2.05) is 0 Å². The van der Waals surface area contributed by atoms with Gasteiger partial charge >= 0.3 is 11.7 Å². The van der Waals surface area contributed by atoms with Gasteiger partial charge in [0.1, 0.15) is 0 Å². The van der Waals surface area contributed by atoms with E-state index in [2.05, 4.69) is 34.6 Å². The van der Waals surface area contributed by atoms with Crippen LogP contribution in [-0.4, -0.2) is 5.75 Å². The summed E-state index contributed by atoms with van der Waals surface area (Å²) in [5.41, 5.74) is 0.365. The average Bonchev–Trinajstić information content (AvgIpc) is 1.61. The summed E-state index contributed by atoms with van der Waals surface area (Å²) in [5.74, 6) is 0.691. The molecule has 0 saturated heterocycles. The van der Waals surface area contributed by atoms with Gasteiger partial charge in [0.25, 0.3) is 0 Å². The Morgan fingerprint density at radius 2 is 1.50 bits per heavy atom. The van der Waals surface area contributed by atoms with Crippen LogP contribution >= 0.6 is 0 Å². The molecule has 0 N–H and O–H groups in total. The van der Waals surface area contributed by atoms with Crippen LogP contribution in [0.2, 0.25) is 0 Å². The van der Waals surface area contributed by atoms with Crippen LogP contribution in [0.1, 0.15) is 34.6 Å². The van der Waals surface area contributed by atoms with Crippen LogP contribution in [0.4, 0.5) is 0 Å². The van der Waals surface area contributed by atoms with Crippen molar-refractivity contribution < 1.29 is 4.21 Å². The van der Waals surface area contributed by atoms with E-state index in [4.69, 9.17) is 0 Å². The van der Waals surface area contributed by atoms with Crippen LogP contribution in [0.25, 0.3) is 0 Å². The predicted octanol–water partition coefficient (Wildman–Crippen LogP) is 2.49. The SMILES string of the molecule is CC(C)(C)C(C)(C)C[S+]=O. The van der Waals surface area contributed by atoms with Gasteiger partial charge in [0, 0.05) is 9.62 Å². The summed E-state index contributed by atoms with van der Waals surface area (Å²) in [7, 11) is 0. The van der Waals surface area contributed by atoms with Gasteiger partial charge < -0.3 is 0 Å². The Morgan fingerprint density at radius 1 is 1.10 bits per heavy atom. The Morgan fingerprint density at radius 3 is 1.60 bits per heavy atom. The molecule has 60 valence electrons. The number of hydrogen-bond donors (Lipinski definition) is 0. The average molecular weight is 161 g/mol. The zero-order valence-electron chi connectivity index (χ0n) is 7.52. The predicted molar refractivity (Wildman–Crippen MR) is 46.2 cm³/mol. The molecule has 0 heterocycles. The minimum atomic E-state index is 0.138. The lowest BCUT2D eigenvalue weighted by Gasteiger charge is -2.33. The minimum absolute atomic E-state index is 0.138. The second-order valence-corrected chi connectivity index (χ2v) is 4.92. The molecule has 0 spiro atoms. The monoisotopic (exact) mass is 161 g/mol. The molecular formula is C8H17OS+. The zero-order valence-corrected chi connectivity index (χ0v) is 8.34. The molecule has 0 unspecified atom stereocenters. The van der Waals surface area contributed by atoms with Crippen molar-refractivity contribution in [3.05, 3.63) is 0 Å². The number of rotatable bonds is 2. The second-order valence-electron chi connectivity index (χ2n) is 4.40. The van der Waals surface area contributed by atoms with Crippen molar-refractivity contribution in [2.45, 2.75) is 34.6 Å². The molecule has 0 aromatic rings.